The Kier molecular flexibility index (Phi) is 5.79. The van der Waals surface area contributed by atoms with Gasteiger partial charge in [0, 0.05) is 30.0 Å². The second-order valence-corrected chi connectivity index (χ2v) is 9.31. The summed E-state index contributed by atoms with van der Waals surface area (Å²) in [5, 5.41) is 14.9. The molecular formula is C20H25N5O3S2. The summed E-state index contributed by atoms with van der Waals surface area (Å²) < 4.78 is 6.76. The molecule has 0 aromatic carbocycles. The van der Waals surface area contributed by atoms with Crippen LogP contribution in [0.25, 0.3) is 0 Å². The van der Waals surface area contributed by atoms with Crippen molar-refractivity contribution in [3.05, 3.63) is 27.8 Å². The number of aryl methyl sites for hydroxylation is 3. The van der Waals surface area contributed by atoms with Crippen molar-refractivity contribution in [3.63, 3.8) is 0 Å². The zero-order valence-electron chi connectivity index (χ0n) is 17.2. The summed E-state index contributed by atoms with van der Waals surface area (Å²) in [7, 11) is 3.22. The molecule has 1 amide bonds. The number of esters is 1. The molecule has 2 aliphatic rings. The number of fused-ring (bicyclic) bond motifs is 1. The van der Waals surface area contributed by atoms with Crippen LogP contribution in [0.1, 0.15) is 45.8 Å². The predicted octanol–water partition coefficient (Wildman–Crippen LogP) is 2.77. The maximum atomic E-state index is 12.5. The fraction of sp³-hybridized carbons (Fsp3) is 0.500. The molecule has 2 aromatic rings. The minimum Gasteiger partial charge on any atom is -0.465 e. The lowest BCUT2D eigenvalue weighted by Crippen LogP contribution is -2.41. The monoisotopic (exact) mass is 447 g/mol. The lowest BCUT2D eigenvalue weighted by molar-refractivity contribution is -0.117. The van der Waals surface area contributed by atoms with Gasteiger partial charge in [0.15, 0.2) is 5.11 Å². The number of thiocarbonyl (C=S) groups is 1. The Morgan fingerprint density at radius 3 is 2.70 bits per heavy atom. The average molecular weight is 448 g/mol. The van der Waals surface area contributed by atoms with Crippen LogP contribution < -0.4 is 16.0 Å². The average Bonchev–Trinajstić information content (AvgIpc) is 3.42. The number of hydrogen-bond acceptors (Lipinski definition) is 6. The highest BCUT2D eigenvalue weighted by Crippen LogP contribution is 2.40. The summed E-state index contributed by atoms with van der Waals surface area (Å²) in [6.07, 6.45) is 4.17. The Balaban J connectivity index is 1.48. The fourth-order valence-corrected chi connectivity index (χ4v) is 5.24. The van der Waals surface area contributed by atoms with E-state index in [2.05, 4.69) is 21.0 Å². The van der Waals surface area contributed by atoms with Crippen molar-refractivity contribution in [2.24, 2.45) is 13.0 Å². The smallest absolute Gasteiger partial charge is 0.341 e. The van der Waals surface area contributed by atoms with Crippen molar-refractivity contribution in [2.75, 3.05) is 17.7 Å². The first kappa shape index (κ1) is 20.8. The minimum atomic E-state index is -0.412. The molecule has 4 rings (SSSR count). The highest BCUT2D eigenvalue weighted by molar-refractivity contribution is 7.80. The number of thiophene rings is 1. The lowest BCUT2D eigenvalue weighted by Gasteiger charge is -2.25. The molecule has 1 saturated carbocycles. The van der Waals surface area contributed by atoms with Gasteiger partial charge in [0.25, 0.3) is 0 Å². The first-order chi connectivity index (χ1) is 14.4. The summed E-state index contributed by atoms with van der Waals surface area (Å²) in [5.74, 6) is 0.469. The Hall–Kier alpha value is -2.46. The van der Waals surface area contributed by atoms with Crippen LogP contribution in [0.3, 0.4) is 0 Å². The Morgan fingerprint density at radius 2 is 2.07 bits per heavy atom. The van der Waals surface area contributed by atoms with Crippen LogP contribution in [0.2, 0.25) is 0 Å². The maximum Gasteiger partial charge on any atom is 0.341 e. The van der Waals surface area contributed by atoms with Crippen molar-refractivity contribution in [2.45, 2.75) is 45.1 Å². The number of carbonyl (C=O) groups is 2. The molecular weight excluding hydrogens is 422 g/mol. The number of ether oxygens (including phenoxy) is 1. The summed E-state index contributed by atoms with van der Waals surface area (Å²) in [6, 6.07) is 2.01. The number of nitrogens with zero attached hydrogens (tertiary/aromatic N) is 2. The molecule has 0 aliphatic heterocycles. The highest BCUT2D eigenvalue weighted by Gasteiger charge is 2.34. The van der Waals surface area contributed by atoms with Crippen LogP contribution in [-0.2, 0) is 29.4 Å². The van der Waals surface area contributed by atoms with E-state index >= 15 is 0 Å². The SMILES string of the molecule is COC(=O)c1c(NC(=O)C2CC2)sc2c1CC(NC(=S)Nc1cc(C)nn1C)CC2. The van der Waals surface area contributed by atoms with Gasteiger partial charge in [0.05, 0.1) is 18.4 Å². The van der Waals surface area contributed by atoms with Crippen molar-refractivity contribution >= 4 is 51.4 Å². The lowest BCUT2D eigenvalue weighted by atomic mass is 9.91. The quantitative estimate of drug-likeness (QED) is 0.479. The molecule has 8 nitrogen and oxygen atoms in total. The third-order valence-corrected chi connectivity index (χ3v) is 6.84. The minimum absolute atomic E-state index is 0.00901. The van der Waals surface area contributed by atoms with Crippen LogP contribution in [0.4, 0.5) is 10.8 Å². The third-order valence-electron chi connectivity index (χ3n) is 5.41. The summed E-state index contributed by atoms with van der Waals surface area (Å²) in [4.78, 5) is 25.9. The van der Waals surface area contributed by atoms with E-state index in [0.29, 0.717) is 22.1 Å². The standard InChI is InChI=1S/C20H25N5O3S2/c1-10-8-15(25(2)24-10)22-20(29)21-12-6-7-14-13(9-12)16(19(27)28-3)18(30-14)23-17(26)11-4-5-11/h8,11-12H,4-7,9H2,1-3H3,(H,23,26)(H2,21,22,29). The van der Waals surface area contributed by atoms with Gasteiger partial charge in [-0.25, -0.2) is 4.79 Å². The van der Waals surface area contributed by atoms with Gasteiger partial charge in [-0.15, -0.1) is 11.3 Å². The van der Waals surface area contributed by atoms with E-state index in [1.165, 1.54) is 18.4 Å². The molecule has 1 unspecified atom stereocenters. The zero-order valence-corrected chi connectivity index (χ0v) is 18.8. The van der Waals surface area contributed by atoms with E-state index in [-0.39, 0.29) is 17.9 Å². The van der Waals surface area contributed by atoms with Crippen LogP contribution >= 0.6 is 23.6 Å². The van der Waals surface area contributed by atoms with Gasteiger partial charge in [-0.3, -0.25) is 9.48 Å². The summed E-state index contributed by atoms with van der Waals surface area (Å²) in [5.41, 5.74) is 2.34. The second kappa shape index (κ2) is 8.35. The van der Waals surface area contributed by atoms with Crippen molar-refractivity contribution < 1.29 is 14.3 Å². The normalized spacial score (nSPS) is 17.8. The van der Waals surface area contributed by atoms with Crippen LogP contribution in [0.5, 0.6) is 0 Å². The molecule has 1 fully saturated rings. The molecule has 10 heteroatoms. The number of nitrogens with one attached hydrogen (secondary N) is 3. The fourth-order valence-electron chi connectivity index (χ4n) is 3.74. The van der Waals surface area contributed by atoms with Gasteiger partial charge in [-0.05, 0) is 56.8 Å². The van der Waals surface area contributed by atoms with Gasteiger partial charge in [0.1, 0.15) is 10.8 Å². The zero-order chi connectivity index (χ0) is 21.4. The first-order valence-electron chi connectivity index (χ1n) is 9.97. The molecule has 1 atom stereocenters. The molecule has 2 aliphatic carbocycles. The van der Waals surface area contributed by atoms with Crippen LogP contribution in [-0.4, -0.2) is 39.9 Å². The first-order valence-corrected chi connectivity index (χ1v) is 11.2. The van der Waals surface area contributed by atoms with Gasteiger partial charge in [-0.2, -0.15) is 5.10 Å². The number of anilines is 2. The largest absolute Gasteiger partial charge is 0.465 e. The molecule has 3 N–H and O–H groups in total. The molecule has 0 spiro atoms. The molecule has 0 radical (unpaired) electrons. The van der Waals surface area contributed by atoms with Crippen molar-refractivity contribution in [1.82, 2.24) is 15.1 Å². The van der Waals surface area contributed by atoms with Gasteiger partial charge in [0.2, 0.25) is 5.91 Å². The van der Waals surface area contributed by atoms with E-state index in [1.54, 1.807) is 4.68 Å². The van der Waals surface area contributed by atoms with E-state index < -0.39 is 5.97 Å². The van der Waals surface area contributed by atoms with Crippen molar-refractivity contribution in [1.29, 1.82) is 0 Å². The Bertz CT molecular complexity index is 1010. The van der Waals surface area contributed by atoms with Crippen LogP contribution in [0, 0.1) is 12.8 Å². The highest BCUT2D eigenvalue weighted by atomic mass is 32.1. The second-order valence-electron chi connectivity index (χ2n) is 7.80. The summed E-state index contributed by atoms with van der Waals surface area (Å²) >= 11 is 6.97. The molecule has 30 heavy (non-hydrogen) atoms. The van der Waals surface area contributed by atoms with Gasteiger partial charge >= 0.3 is 5.97 Å². The van der Waals surface area contributed by atoms with Crippen molar-refractivity contribution in [3.8, 4) is 0 Å². The third kappa shape index (κ3) is 4.34. The maximum absolute atomic E-state index is 12.5. The van der Waals surface area contributed by atoms with Gasteiger partial charge < -0.3 is 20.7 Å². The number of methoxy groups -OCH3 is 1. The van der Waals surface area contributed by atoms with E-state index in [9.17, 15) is 9.59 Å². The Morgan fingerprint density at radius 1 is 1.30 bits per heavy atom. The van der Waals surface area contributed by atoms with Gasteiger partial charge in [-0.1, -0.05) is 0 Å². The number of carbonyl (C=O) groups excluding carboxylic acids is 2. The molecule has 2 heterocycles. The predicted molar refractivity (Wildman–Crippen MR) is 120 cm³/mol. The molecule has 0 bridgehead atoms. The molecule has 160 valence electrons. The van der Waals surface area contributed by atoms with E-state index in [1.807, 2.05) is 20.0 Å². The topological polar surface area (TPSA) is 97.3 Å². The Labute approximate surface area is 184 Å². The number of amides is 1. The van der Waals surface area contributed by atoms with E-state index in [0.717, 1.165) is 47.6 Å². The molecule has 2 aromatic heterocycles. The summed E-state index contributed by atoms with van der Waals surface area (Å²) in [6.45, 7) is 1.93. The van der Waals surface area contributed by atoms with Crippen LogP contribution in [0.15, 0.2) is 6.07 Å². The molecule has 0 saturated heterocycles. The number of hydrogen-bond donors (Lipinski definition) is 3. The number of rotatable bonds is 5. The number of aromatic nitrogens is 2. The van der Waals surface area contributed by atoms with E-state index in [4.69, 9.17) is 17.0 Å².